The average Bonchev–Trinajstić information content (AvgIpc) is 3.43. The Bertz CT molecular complexity index is 1220. The number of hydrogen-bond acceptors (Lipinski definition) is 11. The minimum Gasteiger partial charge on any atom is -0.491 e. The summed E-state index contributed by atoms with van der Waals surface area (Å²) in [5, 5.41) is 0. The summed E-state index contributed by atoms with van der Waals surface area (Å²) < 4.78 is 41.5. The molecule has 3 aromatic carbocycles. The second-order valence-corrected chi connectivity index (χ2v) is 9.02. The number of rotatable bonds is 16. The van der Waals surface area contributed by atoms with E-state index in [2.05, 4.69) is 8.75 Å². The van der Waals surface area contributed by atoms with E-state index >= 15 is 0 Å². The number of methoxy groups -OCH3 is 2. The average molecular weight is 555 g/mol. The summed E-state index contributed by atoms with van der Waals surface area (Å²) in [5.41, 5.74) is 18.8. The molecule has 4 N–H and O–H groups in total. The molecule has 0 bridgehead atoms. The number of hydrogen-bond donors (Lipinski definition) is 2. The molecule has 0 aliphatic carbocycles. The van der Waals surface area contributed by atoms with Crippen LogP contribution in [0.4, 0.5) is 11.4 Å². The Balaban J connectivity index is 1.48. The third kappa shape index (κ3) is 7.34. The molecular weight excluding hydrogens is 520 g/mol. The standard InChI is InChI=1S/C28H34N4O6S/c1-33-11-13-35-15-17-37-21-7-3-19(4-8-21)23-25(29)26(30)24(28-27(23)31-39-32-28)20-5-9-22(10-6-20)38-18-16-36-14-12-34-2/h3-10H,11-18,29-30H2,1-2H3. The van der Waals surface area contributed by atoms with Crippen LogP contribution in [0.5, 0.6) is 11.5 Å². The highest BCUT2D eigenvalue weighted by atomic mass is 32.1. The van der Waals surface area contributed by atoms with Crippen molar-refractivity contribution < 1.29 is 28.4 Å². The minimum atomic E-state index is 0.444. The smallest absolute Gasteiger partial charge is 0.119 e. The van der Waals surface area contributed by atoms with Crippen molar-refractivity contribution >= 4 is 34.1 Å². The summed E-state index contributed by atoms with van der Waals surface area (Å²) in [7, 11) is 3.28. The van der Waals surface area contributed by atoms with Crippen molar-refractivity contribution in [2.75, 3.05) is 78.5 Å². The maximum absolute atomic E-state index is 6.61. The van der Waals surface area contributed by atoms with E-state index in [1.165, 1.54) is 0 Å². The molecule has 0 aliphatic rings. The molecule has 39 heavy (non-hydrogen) atoms. The van der Waals surface area contributed by atoms with Crippen molar-refractivity contribution in [3.8, 4) is 33.8 Å². The Morgan fingerprint density at radius 3 is 1.33 bits per heavy atom. The topological polar surface area (TPSA) is 133 Å². The number of fused-ring (bicyclic) bond motifs is 1. The van der Waals surface area contributed by atoms with Crippen molar-refractivity contribution in [3.63, 3.8) is 0 Å². The van der Waals surface area contributed by atoms with Crippen molar-refractivity contribution in [2.45, 2.75) is 0 Å². The molecule has 0 saturated carbocycles. The molecule has 0 amide bonds. The van der Waals surface area contributed by atoms with Crippen molar-refractivity contribution in [1.82, 2.24) is 8.75 Å². The van der Waals surface area contributed by atoms with Gasteiger partial charge in [-0.3, -0.25) is 0 Å². The lowest BCUT2D eigenvalue weighted by Gasteiger charge is -2.15. The number of nitrogens with zero attached hydrogens (tertiary/aromatic N) is 2. The zero-order chi connectivity index (χ0) is 27.5. The van der Waals surface area contributed by atoms with E-state index in [4.69, 9.17) is 39.9 Å². The van der Waals surface area contributed by atoms with E-state index in [0.29, 0.717) is 75.3 Å². The number of anilines is 2. The van der Waals surface area contributed by atoms with Gasteiger partial charge in [-0.1, -0.05) is 24.3 Å². The van der Waals surface area contributed by atoms with Gasteiger partial charge in [0.1, 0.15) is 35.7 Å². The molecule has 11 heteroatoms. The third-order valence-corrected chi connectivity index (χ3v) is 6.46. The second-order valence-electron chi connectivity index (χ2n) is 8.49. The number of nitrogens with two attached hydrogens (primary N) is 2. The highest BCUT2D eigenvalue weighted by Crippen LogP contribution is 2.44. The van der Waals surface area contributed by atoms with Crippen LogP contribution in [0.3, 0.4) is 0 Å². The first-order valence-electron chi connectivity index (χ1n) is 12.6. The van der Waals surface area contributed by atoms with E-state index in [1.807, 2.05) is 48.5 Å². The predicted molar refractivity (Wildman–Crippen MR) is 153 cm³/mol. The van der Waals surface area contributed by atoms with Gasteiger partial charge in [0.05, 0.1) is 62.7 Å². The first-order chi connectivity index (χ1) is 19.1. The largest absolute Gasteiger partial charge is 0.491 e. The lowest BCUT2D eigenvalue weighted by molar-refractivity contribution is 0.0544. The summed E-state index contributed by atoms with van der Waals surface area (Å²) in [5.74, 6) is 1.46. The summed E-state index contributed by atoms with van der Waals surface area (Å²) in [6, 6.07) is 15.3. The van der Waals surface area contributed by atoms with Gasteiger partial charge in [-0.25, -0.2) is 0 Å². The molecular formula is C28H34N4O6S. The molecule has 0 spiro atoms. The first kappa shape index (κ1) is 28.5. The summed E-state index contributed by atoms with van der Waals surface area (Å²) in [6.45, 7) is 4.05. The number of nitrogen functional groups attached to an aromatic ring is 2. The van der Waals surface area contributed by atoms with Crippen LogP contribution < -0.4 is 20.9 Å². The molecule has 0 aliphatic heterocycles. The Hall–Kier alpha value is -3.48. The van der Waals surface area contributed by atoms with Crippen LogP contribution in [0.2, 0.25) is 0 Å². The fourth-order valence-electron chi connectivity index (χ4n) is 3.99. The van der Waals surface area contributed by atoms with Gasteiger partial charge in [-0.2, -0.15) is 8.75 Å². The minimum absolute atomic E-state index is 0.444. The lowest BCUT2D eigenvalue weighted by Crippen LogP contribution is -2.10. The molecule has 0 fully saturated rings. The Labute approximate surface area is 232 Å². The molecule has 208 valence electrons. The quantitative estimate of drug-likeness (QED) is 0.153. The molecule has 4 aromatic rings. The summed E-state index contributed by atoms with van der Waals surface area (Å²) in [6.07, 6.45) is 0. The highest BCUT2D eigenvalue weighted by Gasteiger charge is 2.21. The van der Waals surface area contributed by atoms with Crippen LogP contribution >= 0.6 is 11.7 Å². The molecule has 0 atom stereocenters. The molecule has 10 nitrogen and oxygen atoms in total. The van der Waals surface area contributed by atoms with Crippen LogP contribution in [0.1, 0.15) is 0 Å². The van der Waals surface area contributed by atoms with Crippen molar-refractivity contribution in [2.24, 2.45) is 0 Å². The number of aromatic nitrogens is 2. The second kappa shape index (κ2) is 14.6. The highest BCUT2D eigenvalue weighted by molar-refractivity contribution is 7.00. The van der Waals surface area contributed by atoms with Gasteiger partial charge in [0.2, 0.25) is 0 Å². The zero-order valence-electron chi connectivity index (χ0n) is 22.2. The van der Waals surface area contributed by atoms with Gasteiger partial charge in [0.25, 0.3) is 0 Å². The molecule has 0 unspecified atom stereocenters. The normalized spacial score (nSPS) is 11.2. The van der Waals surface area contributed by atoms with E-state index in [0.717, 1.165) is 45.5 Å². The predicted octanol–water partition coefficient (Wildman–Crippen LogP) is 4.27. The monoisotopic (exact) mass is 554 g/mol. The summed E-state index contributed by atoms with van der Waals surface area (Å²) in [4.78, 5) is 0. The van der Waals surface area contributed by atoms with E-state index in [9.17, 15) is 0 Å². The van der Waals surface area contributed by atoms with Crippen molar-refractivity contribution in [1.29, 1.82) is 0 Å². The maximum Gasteiger partial charge on any atom is 0.119 e. The van der Waals surface area contributed by atoms with Crippen LogP contribution in [0.15, 0.2) is 48.5 Å². The molecule has 4 rings (SSSR count). The Morgan fingerprint density at radius 1 is 0.564 bits per heavy atom. The lowest BCUT2D eigenvalue weighted by atomic mass is 9.94. The fraction of sp³-hybridized carbons (Fsp3) is 0.357. The van der Waals surface area contributed by atoms with Gasteiger partial charge in [0.15, 0.2) is 0 Å². The fourth-order valence-corrected chi connectivity index (χ4v) is 4.55. The molecule has 1 aromatic heterocycles. The first-order valence-corrected chi connectivity index (χ1v) is 13.3. The van der Waals surface area contributed by atoms with E-state index in [1.54, 1.807) is 14.2 Å². The van der Waals surface area contributed by atoms with Gasteiger partial charge in [-0.15, -0.1) is 0 Å². The third-order valence-electron chi connectivity index (χ3n) is 5.93. The van der Waals surface area contributed by atoms with E-state index in [-0.39, 0.29) is 0 Å². The van der Waals surface area contributed by atoms with E-state index < -0.39 is 0 Å². The van der Waals surface area contributed by atoms with Crippen LogP contribution in [0.25, 0.3) is 33.3 Å². The number of benzene rings is 3. The van der Waals surface area contributed by atoms with Crippen molar-refractivity contribution in [3.05, 3.63) is 48.5 Å². The Morgan fingerprint density at radius 2 is 0.949 bits per heavy atom. The molecule has 0 radical (unpaired) electrons. The molecule has 0 saturated heterocycles. The van der Waals surface area contributed by atoms with Gasteiger partial charge >= 0.3 is 0 Å². The summed E-state index contributed by atoms with van der Waals surface area (Å²) >= 11 is 1.13. The number of ether oxygens (including phenoxy) is 6. The van der Waals surface area contributed by atoms with Crippen LogP contribution in [-0.4, -0.2) is 75.8 Å². The zero-order valence-corrected chi connectivity index (χ0v) is 23.0. The van der Waals surface area contributed by atoms with Gasteiger partial charge in [0, 0.05) is 25.3 Å². The van der Waals surface area contributed by atoms with Crippen LogP contribution in [0, 0.1) is 0 Å². The SMILES string of the molecule is COCCOCCOc1ccc(-c2c(N)c(N)c(-c3ccc(OCCOCCOC)cc3)c3nsnc23)cc1. The Kier molecular flexibility index (Phi) is 10.7. The van der Waals surface area contributed by atoms with Crippen LogP contribution in [-0.2, 0) is 18.9 Å². The molecule has 1 heterocycles. The van der Waals surface area contributed by atoms with Gasteiger partial charge < -0.3 is 39.9 Å². The van der Waals surface area contributed by atoms with Gasteiger partial charge in [-0.05, 0) is 35.4 Å². The maximum atomic E-state index is 6.61.